The van der Waals surface area contributed by atoms with Crippen molar-refractivity contribution < 1.29 is 4.74 Å². The molecule has 3 heterocycles. The zero-order chi connectivity index (χ0) is 13.9. The van der Waals surface area contributed by atoms with E-state index >= 15 is 0 Å². The smallest absolute Gasteiger partial charge is 0.131 e. The van der Waals surface area contributed by atoms with Gasteiger partial charge in [-0.15, -0.1) is 0 Å². The molecule has 0 aromatic carbocycles. The Hall–Kier alpha value is -1.13. The van der Waals surface area contributed by atoms with Gasteiger partial charge in [0.1, 0.15) is 5.82 Å². The molecule has 0 spiro atoms. The van der Waals surface area contributed by atoms with Crippen LogP contribution in [0.5, 0.6) is 0 Å². The topological polar surface area (TPSA) is 28.6 Å². The van der Waals surface area contributed by atoms with E-state index in [1.165, 1.54) is 36.9 Å². The molecule has 4 nitrogen and oxygen atoms in total. The van der Waals surface area contributed by atoms with Gasteiger partial charge in [0, 0.05) is 25.3 Å². The molecule has 20 heavy (non-hydrogen) atoms. The highest BCUT2D eigenvalue weighted by atomic mass is 16.5. The number of ether oxygens (including phenoxy) is 1. The summed E-state index contributed by atoms with van der Waals surface area (Å²) in [6.45, 7) is 6.93. The fourth-order valence-corrected chi connectivity index (χ4v) is 3.37. The highest BCUT2D eigenvalue weighted by Crippen LogP contribution is 2.31. The van der Waals surface area contributed by atoms with Crippen LogP contribution in [0, 0.1) is 6.92 Å². The number of hydrogen-bond donors (Lipinski definition) is 0. The lowest BCUT2D eigenvalue weighted by atomic mass is 9.96. The van der Waals surface area contributed by atoms with E-state index in [1.54, 1.807) is 0 Å². The van der Waals surface area contributed by atoms with Gasteiger partial charge in [-0.3, -0.25) is 4.90 Å². The van der Waals surface area contributed by atoms with Gasteiger partial charge in [-0.2, -0.15) is 0 Å². The van der Waals surface area contributed by atoms with E-state index in [0.717, 1.165) is 32.1 Å². The third kappa shape index (κ3) is 2.81. The van der Waals surface area contributed by atoms with E-state index in [1.807, 2.05) is 0 Å². The van der Waals surface area contributed by atoms with Crippen LogP contribution in [0.25, 0.3) is 0 Å². The molecule has 1 aromatic rings. The van der Waals surface area contributed by atoms with E-state index in [4.69, 9.17) is 9.72 Å². The Morgan fingerprint density at radius 2 is 2.00 bits per heavy atom. The van der Waals surface area contributed by atoms with E-state index in [2.05, 4.69) is 36.0 Å². The summed E-state index contributed by atoms with van der Waals surface area (Å²) in [4.78, 5) is 9.56. The number of morpholine rings is 1. The lowest BCUT2D eigenvalue weighted by molar-refractivity contribution is 0.122. The van der Waals surface area contributed by atoms with Crippen molar-refractivity contribution in [3.8, 4) is 0 Å². The Morgan fingerprint density at radius 3 is 2.70 bits per heavy atom. The summed E-state index contributed by atoms with van der Waals surface area (Å²) < 4.78 is 5.42. The first-order valence-electron chi connectivity index (χ1n) is 7.75. The van der Waals surface area contributed by atoms with Crippen molar-refractivity contribution in [2.75, 3.05) is 44.8 Å². The fraction of sp³-hybridized carbons (Fsp3) is 0.688. The van der Waals surface area contributed by atoms with Crippen molar-refractivity contribution in [3.05, 3.63) is 23.4 Å². The second-order valence-corrected chi connectivity index (χ2v) is 6.00. The first kappa shape index (κ1) is 13.8. The Bertz CT molecular complexity index is 457. The largest absolute Gasteiger partial charge is 0.378 e. The number of hydrogen-bond acceptors (Lipinski definition) is 4. The molecule has 0 radical (unpaired) electrons. The second-order valence-electron chi connectivity index (χ2n) is 6.00. The molecule has 2 saturated heterocycles. The van der Waals surface area contributed by atoms with Gasteiger partial charge in [-0.1, -0.05) is 6.42 Å². The van der Waals surface area contributed by atoms with Crippen molar-refractivity contribution in [1.82, 2.24) is 9.88 Å². The van der Waals surface area contributed by atoms with E-state index in [9.17, 15) is 0 Å². The van der Waals surface area contributed by atoms with Gasteiger partial charge in [0.05, 0.1) is 13.2 Å². The van der Waals surface area contributed by atoms with Crippen LogP contribution in [0.4, 0.5) is 5.82 Å². The summed E-state index contributed by atoms with van der Waals surface area (Å²) in [7, 11) is 2.23. The molecule has 0 bridgehead atoms. The molecule has 0 unspecified atom stereocenters. The highest BCUT2D eigenvalue weighted by molar-refractivity contribution is 5.48. The SMILES string of the molecule is Cc1cc([C@H]2CCCCN2C)cnc1N1CCOCC1. The quantitative estimate of drug-likeness (QED) is 0.828. The molecule has 1 aromatic heterocycles. The zero-order valence-electron chi connectivity index (χ0n) is 12.6. The maximum atomic E-state index is 5.42. The first-order valence-corrected chi connectivity index (χ1v) is 7.75. The monoisotopic (exact) mass is 275 g/mol. The number of pyridine rings is 1. The Balaban J connectivity index is 1.79. The molecule has 110 valence electrons. The third-order valence-corrected chi connectivity index (χ3v) is 4.54. The molecule has 2 fully saturated rings. The Kier molecular flexibility index (Phi) is 4.22. The molecule has 2 aliphatic heterocycles. The molecular formula is C16H25N3O. The number of anilines is 1. The zero-order valence-corrected chi connectivity index (χ0v) is 12.6. The van der Waals surface area contributed by atoms with Crippen molar-refractivity contribution in [1.29, 1.82) is 0 Å². The number of rotatable bonds is 2. The summed E-state index contributed by atoms with van der Waals surface area (Å²) in [5.74, 6) is 1.13. The number of piperidine rings is 1. The molecular weight excluding hydrogens is 250 g/mol. The van der Waals surface area contributed by atoms with Gasteiger partial charge in [0.25, 0.3) is 0 Å². The van der Waals surface area contributed by atoms with Gasteiger partial charge in [0.2, 0.25) is 0 Å². The third-order valence-electron chi connectivity index (χ3n) is 4.54. The Morgan fingerprint density at radius 1 is 1.20 bits per heavy atom. The van der Waals surface area contributed by atoms with Crippen molar-refractivity contribution in [3.63, 3.8) is 0 Å². The minimum Gasteiger partial charge on any atom is -0.378 e. The predicted octanol–water partition coefficient (Wildman–Crippen LogP) is 2.38. The second kappa shape index (κ2) is 6.10. The maximum absolute atomic E-state index is 5.42. The number of aryl methyl sites for hydroxylation is 1. The predicted molar refractivity (Wildman–Crippen MR) is 81.2 cm³/mol. The normalized spacial score (nSPS) is 24.9. The van der Waals surface area contributed by atoms with E-state index < -0.39 is 0 Å². The van der Waals surface area contributed by atoms with Crippen LogP contribution >= 0.6 is 0 Å². The summed E-state index contributed by atoms with van der Waals surface area (Å²) >= 11 is 0. The van der Waals surface area contributed by atoms with Crippen molar-refractivity contribution in [2.45, 2.75) is 32.2 Å². The fourth-order valence-electron chi connectivity index (χ4n) is 3.37. The molecule has 0 amide bonds. The first-order chi connectivity index (χ1) is 9.75. The minimum atomic E-state index is 0.550. The van der Waals surface area contributed by atoms with Gasteiger partial charge in [0.15, 0.2) is 0 Å². The van der Waals surface area contributed by atoms with Gasteiger partial charge in [-0.25, -0.2) is 4.98 Å². The van der Waals surface area contributed by atoms with Gasteiger partial charge < -0.3 is 9.64 Å². The van der Waals surface area contributed by atoms with Crippen LogP contribution in [-0.4, -0.2) is 49.8 Å². The van der Waals surface area contributed by atoms with E-state index in [-0.39, 0.29) is 0 Å². The molecule has 1 atom stereocenters. The van der Waals surface area contributed by atoms with Gasteiger partial charge in [-0.05, 0) is 50.6 Å². The van der Waals surface area contributed by atoms with Crippen LogP contribution in [0.1, 0.15) is 36.4 Å². The Labute approximate surface area is 121 Å². The van der Waals surface area contributed by atoms with Crippen LogP contribution in [0.15, 0.2) is 12.3 Å². The van der Waals surface area contributed by atoms with Crippen LogP contribution in [-0.2, 0) is 4.74 Å². The highest BCUT2D eigenvalue weighted by Gasteiger charge is 2.22. The molecule has 0 aliphatic carbocycles. The molecule has 0 saturated carbocycles. The molecule has 4 heteroatoms. The van der Waals surface area contributed by atoms with E-state index in [0.29, 0.717) is 6.04 Å². The average Bonchev–Trinajstić information content (AvgIpc) is 2.48. The minimum absolute atomic E-state index is 0.550. The van der Waals surface area contributed by atoms with Crippen LogP contribution in [0.2, 0.25) is 0 Å². The number of aromatic nitrogens is 1. The van der Waals surface area contributed by atoms with Crippen molar-refractivity contribution >= 4 is 5.82 Å². The number of nitrogens with zero attached hydrogens (tertiary/aromatic N) is 3. The summed E-state index contributed by atoms with van der Waals surface area (Å²) in [6, 6.07) is 2.89. The maximum Gasteiger partial charge on any atom is 0.131 e. The van der Waals surface area contributed by atoms with Gasteiger partial charge >= 0.3 is 0 Å². The van der Waals surface area contributed by atoms with Crippen molar-refractivity contribution in [2.24, 2.45) is 0 Å². The summed E-state index contributed by atoms with van der Waals surface area (Å²) in [6.07, 6.45) is 6.00. The average molecular weight is 275 g/mol. The molecule has 0 N–H and O–H groups in total. The lowest BCUT2D eigenvalue weighted by Gasteiger charge is -2.34. The van der Waals surface area contributed by atoms with Crippen LogP contribution < -0.4 is 4.90 Å². The summed E-state index contributed by atoms with van der Waals surface area (Å²) in [5, 5.41) is 0. The molecule has 3 rings (SSSR count). The lowest BCUT2D eigenvalue weighted by Crippen LogP contribution is -2.37. The number of likely N-dealkylation sites (tertiary alicyclic amines) is 1. The summed E-state index contributed by atoms with van der Waals surface area (Å²) in [5.41, 5.74) is 2.67. The standard InChI is InChI=1S/C16H25N3O/c1-13-11-14(15-5-3-4-6-18(15)2)12-17-16(13)19-7-9-20-10-8-19/h11-12,15H,3-10H2,1-2H3/t15-/m1/s1. The molecule has 2 aliphatic rings. The van der Waals surface area contributed by atoms with Crippen LogP contribution in [0.3, 0.4) is 0 Å².